The van der Waals surface area contributed by atoms with E-state index in [0.717, 1.165) is 9.26 Å². The third-order valence-corrected chi connectivity index (χ3v) is 3.47. The molecule has 16 heavy (non-hydrogen) atoms. The average Bonchev–Trinajstić information content (AvgIpc) is 2.23. The van der Waals surface area contributed by atoms with Crippen LogP contribution in [0.2, 0.25) is 0 Å². The molecule has 0 aliphatic rings. The zero-order valence-electron chi connectivity index (χ0n) is 9.89. The van der Waals surface area contributed by atoms with Gasteiger partial charge in [0.05, 0.1) is 0 Å². The summed E-state index contributed by atoms with van der Waals surface area (Å²) in [7, 11) is 0. The molecule has 0 fully saturated rings. The summed E-state index contributed by atoms with van der Waals surface area (Å²) < 4.78 is 13.8. The first-order valence-corrected chi connectivity index (χ1v) is 6.93. The van der Waals surface area contributed by atoms with Crippen molar-refractivity contribution in [2.45, 2.75) is 45.6 Å². The first-order chi connectivity index (χ1) is 7.63. The molecule has 1 atom stereocenters. The van der Waals surface area contributed by atoms with E-state index in [0.29, 0.717) is 6.04 Å². The zero-order chi connectivity index (χ0) is 12.0. The predicted octanol–water partition coefficient (Wildman–Crippen LogP) is 4.81. The average molecular weight is 335 g/mol. The van der Waals surface area contributed by atoms with Crippen LogP contribution >= 0.6 is 22.6 Å². The summed E-state index contributed by atoms with van der Waals surface area (Å²) in [5.74, 6) is -0.173. The fourth-order valence-electron chi connectivity index (χ4n) is 1.64. The number of hydrogen-bond donors (Lipinski definition) is 1. The molecule has 0 amide bonds. The maximum Gasteiger partial charge on any atom is 0.124 e. The highest BCUT2D eigenvalue weighted by Crippen LogP contribution is 2.20. The number of hydrogen-bond acceptors (Lipinski definition) is 1. The highest BCUT2D eigenvalue weighted by Gasteiger charge is 2.05. The quantitative estimate of drug-likeness (QED) is 0.581. The van der Waals surface area contributed by atoms with Crippen molar-refractivity contribution in [1.29, 1.82) is 0 Å². The molecule has 0 aliphatic heterocycles. The highest BCUT2D eigenvalue weighted by atomic mass is 127. The van der Waals surface area contributed by atoms with Crippen molar-refractivity contribution in [1.82, 2.24) is 0 Å². The van der Waals surface area contributed by atoms with Crippen LogP contribution in [0.1, 0.15) is 39.5 Å². The minimum atomic E-state index is -0.173. The lowest BCUT2D eigenvalue weighted by Gasteiger charge is -2.16. The topological polar surface area (TPSA) is 12.0 Å². The van der Waals surface area contributed by atoms with Crippen LogP contribution in [-0.2, 0) is 0 Å². The van der Waals surface area contributed by atoms with Crippen molar-refractivity contribution in [2.24, 2.45) is 0 Å². The minimum Gasteiger partial charge on any atom is -0.382 e. The van der Waals surface area contributed by atoms with Gasteiger partial charge in [0.25, 0.3) is 0 Å². The van der Waals surface area contributed by atoms with E-state index in [1.807, 2.05) is 6.07 Å². The van der Waals surface area contributed by atoms with Crippen molar-refractivity contribution in [2.75, 3.05) is 5.32 Å². The third-order valence-electron chi connectivity index (χ3n) is 2.57. The Morgan fingerprint density at radius 1 is 1.38 bits per heavy atom. The molecular formula is C13H19FIN. The van der Waals surface area contributed by atoms with Crippen LogP contribution in [0.15, 0.2) is 18.2 Å². The molecule has 1 N–H and O–H groups in total. The van der Waals surface area contributed by atoms with Gasteiger partial charge >= 0.3 is 0 Å². The Labute approximate surface area is 111 Å². The van der Waals surface area contributed by atoms with E-state index in [1.54, 1.807) is 6.07 Å². The van der Waals surface area contributed by atoms with Gasteiger partial charge in [-0.15, -0.1) is 0 Å². The van der Waals surface area contributed by atoms with Crippen molar-refractivity contribution >= 4 is 28.3 Å². The Hall–Kier alpha value is -0.320. The lowest BCUT2D eigenvalue weighted by molar-refractivity contribution is 0.613. The summed E-state index contributed by atoms with van der Waals surface area (Å²) in [6.07, 6.45) is 4.96. The first kappa shape index (κ1) is 13.7. The van der Waals surface area contributed by atoms with Gasteiger partial charge in [0, 0.05) is 15.3 Å². The molecule has 0 heterocycles. The molecule has 0 saturated heterocycles. The Balaban J connectivity index is 2.46. The molecule has 1 rings (SSSR count). The summed E-state index contributed by atoms with van der Waals surface area (Å²) in [6.45, 7) is 4.39. The third kappa shape index (κ3) is 4.68. The van der Waals surface area contributed by atoms with Crippen LogP contribution in [-0.4, -0.2) is 6.04 Å². The molecule has 1 aromatic carbocycles. The Morgan fingerprint density at radius 2 is 2.12 bits per heavy atom. The van der Waals surface area contributed by atoms with Crippen LogP contribution in [0.4, 0.5) is 10.1 Å². The van der Waals surface area contributed by atoms with Crippen LogP contribution in [0.3, 0.4) is 0 Å². The van der Waals surface area contributed by atoms with Crippen LogP contribution in [0, 0.1) is 9.39 Å². The van der Waals surface area contributed by atoms with Gasteiger partial charge in [0.2, 0.25) is 0 Å². The molecular weight excluding hydrogens is 316 g/mol. The van der Waals surface area contributed by atoms with Crippen LogP contribution < -0.4 is 5.32 Å². The molecule has 0 saturated carbocycles. The Kier molecular flexibility index (Phi) is 6.09. The Bertz CT molecular complexity index is 328. The molecule has 1 unspecified atom stereocenters. The second-order valence-corrected chi connectivity index (χ2v) is 5.33. The maximum atomic E-state index is 12.9. The minimum absolute atomic E-state index is 0.173. The molecule has 0 aromatic heterocycles. The Morgan fingerprint density at radius 3 is 2.75 bits per heavy atom. The summed E-state index contributed by atoms with van der Waals surface area (Å²) in [5, 5.41) is 3.42. The van der Waals surface area contributed by atoms with Gasteiger partial charge in [-0.25, -0.2) is 4.39 Å². The zero-order valence-corrected chi connectivity index (χ0v) is 12.1. The second kappa shape index (κ2) is 7.09. The molecule has 1 nitrogen and oxygen atoms in total. The highest BCUT2D eigenvalue weighted by molar-refractivity contribution is 14.1. The lowest BCUT2D eigenvalue weighted by atomic mass is 10.1. The molecule has 0 spiro atoms. The second-order valence-electron chi connectivity index (χ2n) is 4.17. The molecule has 0 aliphatic carbocycles. The number of anilines is 1. The van der Waals surface area contributed by atoms with Gasteiger partial charge in [0.15, 0.2) is 0 Å². The van der Waals surface area contributed by atoms with E-state index in [4.69, 9.17) is 0 Å². The smallest absolute Gasteiger partial charge is 0.124 e. The fourth-order valence-corrected chi connectivity index (χ4v) is 2.28. The van der Waals surface area contributed by atoms with Crippen molar-refractivity contribution in [3.8, 4) is 0 Å². The first-order valence-electron chi connectivity index (χ1n) is 5.85. The number of nitrogens with one attached hydrogen (secondary N) is 1. The van der Waals surface area contributed by atoms with E-state index < -0.39 is 0 Å². The normalized spacial score (nSPS) is 12.5. The van der Waals surface area contributed by atoms with Crippen molar-refractivity contribution < 1.29 is 4.39 Å². The van der Waals surface area contributed by atoms with Gasteiger partial charge in [-0.1, -0.05) is 26.2 Å². The molecule has 90 valence electrons. The number of halogens is 2. The molecule has 3 heteroatoms. The van der Waals surface area contributed by atoms with Crippen LogP contribution in [0.25, 0.3) is 0 Å². The summed E-state index contributed by atoms with van der Waals surface area (Å²) in [6, 6.07) is 5.32. The van der Waals surface area contributed by atoms with Gasteiger partial charge in [-0.3, -0.25) is 0 Å². The van der Waals surface area contributed by atoms with E-state index in [1.165, 1.54) is 31.7 Å². The predicted molar refractivity (Wildman–Crippen MR) is 76.3 cm³/mol. The van der Waals surface area contributed by atoms with E-state index in [2.05, 4.69) is 41.8 Å². The van der Waals surface area contributed by atoms with Gasteiger partial charge in [-0.05, 0) is 54.1 Å². The molecule has 0 radical (unpaired) electrons. The SMILES string of the molecule is CCCCCC(C)Nc1ccc(F)cc1I. The fraction of sp³-hybridized carbons (Fsp3) is 0.538. The van der Waals surface area contributed by atoms with Crippen LogP contribution in [0.5, 0.6) is 0 Å². The maximum absolute atomic E-state index is 12.9. The number of benzene rings is 1. The largest absolute Gasteiger partial charge is 0.382 e. The number of rotatable bonds is 6. The van der Waals surface area contributed by atoms with E-state index in [9.17, 15) is 4.39 Å². The van der Waals surface area contributed by atoms with E-state index in [-0.39, 0.29) is 5.82 Å². The standard InChI is InChI=1S/C13H19FIN/c1-3-4-5-6-10(2)16-13-8-7-11(14)9-12(13)15/h7-10,16H,3-6H2,1-2H3. The van der Waals surface area contributed by atoms with Gasteiger partial charge in [0.1, 0.15) is 5.82 Å². The molecule has 0 bridgehead atoms. The van der Waals surface area contributed by atoms with Crippen molar-refractivity contribution in [3.05, 3.63) is 27.6 Å². The monoisotopic (exact) mass is 335 g/mol. The van der Waals surface area contributed by atoms with Crippen molar-refractivity contribution in [3.63, 3.8) is 0 Å². The summed E-state index contributed by atoms with van der Waals surface area (Å²) >= 11 is 2.16. The van der Waals surface area contributed by atoms with Gasteiger partial charge in [-0.2, -0.15) is 0 Å². The summed E-state index contributed by atoms with van der Waals surface area (Å²) in [5.41, 5.74) is 1.03. The summed E-state index contributed by atoms with van der Waals surface area (Å²) in [4.78, 5) is 0. The lowest BCUT2D eigenvalue weighted by Crippen LogP contribution is -2.15. The van der Waals surface area contributed by atoms with Gasteiger partial charge < -0.3 is 5.32 Å². The molecule has 1 aromatic rings. The number of unbranched alkanes of at least 4 members (excludes halogenated alkanes) is 2. The van der Waals surface area contributed by atoms with E-state index >= 15 is 0 Å².